The number of aryl methyl sites for hydroxylation is 1. The summed E-state index contributed by atoms with van der Waals surface area (Å²) in [7, 11) is 0. The fraction of sp³-hybridized carbons (Fsp3) is 0.412. The highest BCUT2D eigenvalue weighted by molar-refractivity contribution is 6.36. The van der Waals surface area contributed by atoms with E-state index >= 15 is 0 Å². The summed E-state index contributed by atoms with van der Waals surface area (Å²) in [6, 6.07) is 5.76. The van der Waals surface area contributed by atoms with Crippen molar-refractivity contribution < 1.29 is 4.79 Å². The Morgan fingerprint density at radius 3 is 3.00 bits per heavy atom. The lowest BCUT2D eigenvalue weighted by Crippen LogP contribution is -2.31. The summed E-state index contributed by atoms with van der Waals surface area (Å²) < 4.78 is 0. The van der Waals surface area contributed by atoms with Gasteiger partial charge in [-0.05, 0) is 50.3 Å². The predicted molar refractivity (Wildman–Crippen MR) is 86.0 cm³/mol. The Labute approximate surface area is 129 Å². The maximum absolute atomic E-state index is 12.2. The zero-order valence-electron chi connectivity index (χ0n) is 12.4. The molecule has 2 aromatic rings. The van der Waals surface area contributed by atoms with Crippen LogP contribution in [0.1, 0.15) is 48.3 Å². The van der Waals surface area contributed by atoms with Gasteiger partial charge in [0.25, 0.3) is 5.91 Å². The van der Waals surface area contributed by atoms with Gasteiger partial charge in [-0.2, -0.15) is 0 Å². The predicted octanol–water partition coefficient (Wildman–Crippen LogP) is 3.91. The summed E-state index contributed by atoms with van der Waals surface area (Å²) >= 11 is 6.49. The number of amides is 1. The molecule has 0 aliphatic heterocycles. The van der Waals surface area contributed by atoms with Gasteiger partial charge >= 0.3 is 0 Å². The van der Waals surface area contributed by atoms with Crippen molar-refractivity contribution in [3.05, 3.63) is 40.0 Å². The first kappa shape index (κ1) is 14.3. The van der Waals surface area contributed by atoms with Crippen LogP contribution in [0.4, 0.5) is 0 Å². The van der Waals surface area contributed by atoms with Crippen LogP contribution < -0.4 is 5.32 Å². The van der Waals surface area contributed by atoms with Gasteiger partial charge in [0.2, 0.25) is 0 Å². The lowest BCUT2D eigenvalue weighted by molar-refractivity contribution is 0.0939. The van der Waals surface area contributed by atoms with E-state index < -0.39 is 0 Å². The van der Waals surface area contributed by atoms with Crippen LogP contribution in [0.3, 0.4) is 0 Å². The molecule has 0 saturated heterocycles. The number of nitrogens with zero attached hydrogens (tertiary/aromatic N) is 1. The molecule has 3 nitrogen and oxygen atoms in total. The molecule has 1 heterocycles. The molecule has 3 rings (SSSR count). The number of carbonyl (C=O) groups excluding carboxylic acids is 1. The van der Waals surface area contributed by atoms with Gasteiger partial charge in [-0.3, -0.25) is 9.78 Å². The average Bonchev–Trinajstić information content (AvgIpc) is 2.95. The number of rotatable bonds is 3. The minimum Gasteiger partial charge on any atom is -0.350 e. The lowest BCUT2D eigenvalue weighted by Gasteiger charge is -2.12. The van der Waals surface area contributed by atoms with Crippen molar-refractivity contribution in [3.63, 3.8) is 0 Å². The van der Waals surface area contributed by atoms with Crippen LogP contribution in [-0.2, 0) is 12.8 Å². The number of benzene rings is 1. The van der Waals surface area contributed by atoms with Crippen LogP contribution in [0.25, 0.3) is 10.9 Å². The van der Waals surface area contributed by atoms with E-state index in [9.17, 15) is 4.79 Å². The van der Waals surface area contributed by atoms with Gasteiger partial charge in [-0.25, -0.2) is 0 Å². The summed E-state index contributed by atoms with van der Waals surface area (Å²) in [4.78, 5) is 16.9. The molecular weight excluding hydrogens is 284 g/mol. The third-order valence-electron chi connectivity index (χ3n) is 4.20. The third-order valence-corrected chi connectivity index (χ3v) is 4.63. The molecule has 1 aliphatic rings. The summed E-state index contributed by atoms with van der Waals surface area (Å²) in [5.74, 6) is -0.0512. The van der Waals surface area contributed by atoms with Crippen LogP contribution in [0.5, 0.6) is 0 Å². The summed E-state index contributed by atoms with van der Waals surface area (Å²) in [6.07, 6.45) is 4.01. The van der Waals surface area contributed by atoms with Crippen LogP contribution in [0.2, 0.25) is 5.02 Å². The van der Waals surface area contributed by atoms with Gasteiger partial charge in [0, 0.05) is 22.7 Å². The number of pyridine rings is 1. The van der Waals surface area contributed by atoms with E-state index in [-0.39, 0.29) is 11.9 Å². The third kappa shape index (κ3) is 2.62. The Balaban J connectivity index is 2.01. The first-order valence-corrected chi connectivity index (χ1v) is 7.89. The molecule has 0 fully saturated rings. The Morgan fingerprint density at radius 1 is 1.43 bits per heavy atom. The molecule has 1 aliphatic carbocycles. The highest BCUT2D eigenvalue weighted by atomic mass is 35.5. The van der Waals surface area contributed by atoms with E-state index in [2.05, 4.69) is 12.2 Å². The van der Waals surface area contributed by atoms with Gasteiger partial charge in [0.15, 0.2) is 0 Å². The normalized spacial score (nSPS) is 15.0. The number of nitrogens with one attached hydrogen (secondary N) is 1. The summed E-state index contributed by atoms with van der Waals surface area (Å²) in [5, 5.41) is 4.73. The standard InChI is InChI=1S/C17H19ClN2O/c1-3-10(2)19-17(21)11-7-8-13-15(9-11)20-14-6-4-5-12(14)16(13)18/h7-10H,3-6H2,1-2H3,(H,19,21)/t10-/m1/s1. The molecule has 1 aromatic carbocycles. The zero-order chi connectivity index (χ0) is 15.0. The first-order chi connectivity index (χ1) is 10.1. The molecule has 1 amide bonds. The van der Waals surface area contributed by atoms with Gasteiger partial charge in [-0.1, -0.05) is 24.6 Å². The van der Waals surface area contributed by atoms with Crippen LogP contribution in [0, 0.1) is 0 Å². The van der Waals surface area contributed by atoms with Crippen molar-refractivity contribution in [1.82, 2.24) is 10.3 Å². The fourth-order valence-electron chi connectivity index (χ4n) is 2.76. The molecule has 110 valence electrons. The minimum absolute atomic E-state index is 0.0512. The topological polar surface area (TPSA) is 42.0 Å². The summed E-state index contributed by atoms with van der Waals surface area (Å²) in [6.45, 7) is 4.05. The molecule has 0 unspecified atom stereocenters. The van der Waals surface area contributed by atoms with Crippen molar-refractivity contribution in [2.75, 3.05) is 0 Å². The Morgan fingerprint density at radius 2 is 2.24 bits per heavy atom. The van der Waals surface area contributed by atoms with E-state index in [1.165, 1.54) is 5.56 Å². The van der Waals surface area contributed by atoms with Crippen molar-refractivity contribution in [2.45, 2.75) is 45.6 Å². The SMILES string of the molecule is CC[C@@H](C)NC(=O)c1ccc2c(Cl)c3c(nc2c1)CCC3. The molecule has 1 aromatic heterocycles. The molecule has 21 heavy (non-hydrogen) atoms. The van der Waals surface area contributed by atoms with Gasteiger partial charge in [0.05, 0.1) is 10.5 Å². The van der Waals surface area contributed by atoms with E-state index in [1.807, 2.05) is 25.1 Å². The quantitative estimate of drug-likeness (QED) is 0.934. The van der Waals surface area contributed by atoms with Gasteiger partial charge in [-0.15, -0.1) is 0 Å². The Bertz CT molecular complexity index is 711. The minimum atomic E-state index is -0.0512. The number of hydrogen-bond donors (Lipinski definition) is 1. The van der Waals surface area contributed by atoms with E-state index in [0.717, 1.165) is 47.3 Å². The maximum atomic E-state index is 12.2. The van der Waals surface area contributed by atoms with E-state index in [4.69, 9.17) is 16.6 Å². The second kappa shape index (κ2) is 5.64. The number of carbonyl (C=O) groups is 1. The fourth-order valence-corrected chi connectivity index (χ4v) is 3.12. The first-order valence-electron chi connectivity index (χ1n) is 7.52. The Kier molecular flexibility index (Phi) is 3.85. The van der Waals surface area contributed by atoms with Crippen LogP contribution >= 0.6 is 11.6 Å². The van der Waals surface area contributed by atoms with Crippen molar-refractivity contribution >= 4 is 28.4 Å². The second-order valence-electron chi connectivity index (χ2n) is 5.72. The van der Waals surface area contributed by atoms with Crippen molar-refractivity contribution in [2.24, 2.45) is 0 Å². The molecular formula is C17H19ClN2O. The highest BCUT2D eigenvalue weighted by Gasteiger charge is 2.19. The highest BCUT2D eigenvalue weighted by Crippen LogP contribution is 2.33. The molecule has 4 heteroatoms. The van der Waals surface area contributed by atoms with Crippen molar-refractivity contribution in [1.29, 1.82) is 0 Å². The molecule has 0 saturated carbocycles. The number of halogens is 1. The smallest absolute Gasteiger partial charge is 0.251 e. The monoisotopic (exact) mass is 302 g/mol. The maximum Gasteiger partial charge on any atom is 0.251 e. The van der Waals surface area contributed by atoms with E-state index in [1.54, 1.807) is 0 Å². The lowest BCUT2D eigenvalue weighted by atomic mass is 10.1. The summed E-state index contributed by atoms with van der Waals surface area (Å²) in [5.41, 5.74) is 3.73. The number of aromatic nitrogens is 1. The van der Waals surface area contributed by atoms with E-state index in [0.29, 0.717) is 5.56 Å². The molecule has 0 radical (unpaired) electrons. The van der Waals surface area contributed by atoms with Crippen LogP contribution in [-0.4, -0.2) is 16.9 Å². The number of fused-ring (bicyclic) bond motifs is 2. The van der Waals surface area contributed by atoms with Crippen molar-refractivity contribution in [3.8, 4) is 0 Å². The average molecular weight is 303 g/mol. The Hall–Kier alpha value is -1.61. The molecule has 1 atom stereocenters. The molecule has 1 N–H and O–H groups in total. The second-order valence-corrected chi connectivity index (χ2v) is 6.10. The van der Waals surface area contributed by atoms with Crippen LogP contribution in [0.15, 0.2) is 18.2 Å². The molecule has 0 spiro atoms. The van der Waals surface area contributed by atoms with Gasteiger partial charge < -0.3 is 5.32 Å². The van der Waals surface area contributed by atoms with Gasteiger partial charge in [0.1, 0.15) is 0 Å². The zero-order valence-corrected chi connectivity index (χ0v) is 13.1. The molecule has 0 bridgehead atoms. The number of hydrogen-bond acceptors (Lipinski definition) is 2. The largest absolute Gasteiger partial charge is 0.350 e.